The zero-order valence-electron chi connectivity index (χ0n) is 22.2. The first-order valence-electron chi connectivity index (χ1n) is 13.9. The van der Waals surface area contributed by atoms with Gasteiger partial charge in [0.1, 0.15) is 5.75 Å². The van der Waals surface area contributed by atoms with Crippen LogP contribution in [-0.4, -0.2) is 17.7 Å². The highest BCUT2D eigenvalue weighted by Crippen LogP contribution is 2.35. The van der Waals surface area contributed by atoms with Crippen LogP contribution >= 0.6 is 0 Å². The molecule has 190 valence electrons. The Morgan fingerprint density at radius 2 is 1.36 bits per heavy atom. The van der Waals surface area contributed by atoms with E-state index in [9.17, 15) is 9.90 Å². The minimum atomic E-state index is -0.114. The monoisotopic (exact) mass is 460 g/mol. The third-order valence-corrected chi connectivity index (χ3v) is 6.79. The summed E-state index contributed by atoms with van der Waals surface area (Å²) in [7, 11) is 0. The predicted molar refractivity (Wildman–Crippen MR) is 141 cm³/mol. The van der Waals surface area contributed by atoms with Crippen molar-refractivity contribution in [1.29, 1.82) is 0 Å². The van der Waals surface area contributed by atoms with E-state index in [2.05, 4.69) is 33.8 Å². The van der Waals surface area contributed by atoms with Gasteiger partial charge in [-0.3, -0.25) is 4.79 Å². The summed E-state index contributed by atoms with van der Waals surface area (Å²) in [5.41, 5.74) is 2.00. The van der Waals surface area contributed by atoms with Crippen molar-refractivity contribution >= 4 is 5.97 Å². The van der Waals surface area contributed by atoms with E-state index in [0.717, 1.165) is 36.8 Å². The molecule has 1 aromatic rings. The number of hydrogen-bond donors (Lipinski definition) is 1. The summed E-state index contributed by atoms with van der Waals surface area (Å²) in [5.74, 6) is 0.235. The van der Waals surface area contributed by atoms with Crippen LogP contribution in [0.15, 0.2) is 18.2 Å². The van der Waals surface area contributed by atoms with Crippen molar-refractivity contribution in [1.82, 2.24) is 0 Å². The van der Waals surface area contributed by atoms with Crippen LogP contribution < -0.4 is 0 Å². The number of phenolic OH excluding ortho intramolecular Hbond substituents is 1. The Bertz CT molecular complexity index is 635. The van der Waals surface area contributed by atoms with Gasteiger partial charge in [-0.1, -0.05) is 123 Å². The van der Waals surface area contributed by atoms with Crippen LogP contribution in [0, 0.1) is 0 Å². The predicted octanol–water partition coefficient (Wildman–Crippen LogP) is 9.04. The van der Waals surface area contributed by atoms with Crippen molar-refractivity contribution in [2.75, 3.05) is 6.61 Å². The van der Waals surface area contributed by atoms with Gasteiger partial charge in [0.25, 0.3) is 0 Å². The van der Waals surface area contributed by atoms with E-state index in [1.165, 1.54) is 70.6 Å². The normalized spacial score (nSPS) is 11.6. The van der Waals surface area contributed by atoms with Gasteiger partial charge in [0.05, 0.1) is 6.61 Å². The number of ether oxygens (including phenoxy) is 1. The molecule has 1 rings (SSSR count). The van der Waals surface area contributed by atoms with E-state index in [0.29, 0.717) is 25.2 Å². The van der Waals surface area contributed by atoms with Crippen molar-refractivity contribution in [2.24, 2.45) is 0 Å². The van der Waals surface area contributed by atoms with Gasteiger partial charge in [0.2, 0.25) is 0 Å². The van der Waals surface area contributed by atoms with Crippen LogP contribution in [0.4, 0.5) is 0 Å². The molecule has 0 radical (unpaired) electrons. The summed E-state index contributed by atoms with van der Waals surface area (Å²) >= 11 is 0. The molecule has 0 unspecified atom stereocenters. The van der Waals surface area contributed by atoms with Crippen molar-refractivity contribution in [3.8, 4) is 5.75 Å². The van der Waals surface area contributed by atoms with Crippen LogP contribution in [0.1, 0.15) is 142 Å². The van der Waals surface area contributed by atoms with Gasteiger partial charge in [-0.15, -0.1) is 0 Å². The molecule has 0 bridgehead atoms. The highest BCUT2D eigenvalue weighted by Gasteiger charge is 2.23. The molecule has 0 amide bonds. The molecule has 0 heterocycles. The first-order valence-corrected chi connectivity index (χ1v) is 13.9. The Balaban J connectivity index is 2.08. The maximum absolute atomic E-state index is 12.1. The summed E-state index contributed by atoms with van der Waals surface area (Å²) < 4.78 is 5.44. The number of carbonyl (C=O) groups excluding carboxylic acids is 1. The molecule has 0 saturated carbocycles. The Hall–Kier alpha value is -1.51. The van der Waals surface area contributed by atoms with Gasteiger partial charge in [0, 0.05) is 6.42 Å². The number of rotatable bonds is 20. The van der Waals surface area contributed by atoms with Gasteiger partial charge in [0.15, 0.2) is 0 Å². The molecule has 0 aromatic heterocycles. The molecule has 33 heavy (non-hydrogen) atoms. The second kappa shape index (κ2) is 17.9. The highest BCUT2D eigenvalue weighted by molar-refractivity contribution is 5.69. The number of phenols is 1. The fourth-order valence-corrected chi connectivity index (χ4v) is 4.66. The molecule has 3 heteroatoms. The van der Waals surface area contributed by atoms with Crippen molar-refractivity contribution in [2.45, 2.75) is 142 Å². The Kier molecular flexibility index (Phi) is 16.0. The lowest BCUT2D eigenvalue weighted by Crippen LogP contribution is -2.17. The average Bonchev–Trinajstić information content (AvgIpc) is 2.78. The molecule has 0 fully saturated rings. The van der Waals surface area contributed by atoms with E-state index in [-0.39, 0.29) is 11.4 Å². The van der Waals surface area contributed by atoms with Crippen LogP contribution in [0.25, 0.3) is 0 Å². The average molecular weight is 461 g/mol. The molecule has 0 atom stereocenters. The lowest BCUT2D eigenvalue weighted by atomic mass is 9.79. The fourth-order valence-electron chi connectivity index (χ4n) is 4.66. The Labute approximate surface area is 204 Å². The lowest BCUT2D eigenvalue weighted by Gasteiger charge is -2.26. The molecule has 1 aromatic carbocycles. The summed E-state index contributed by atoms with van der Waals surface area (Å²) in [6.45, 7) is 9.31. The summed E-state index contributed by atoms with van der Waals surface area (Å²) in [6.07, 6.45) is 20.3. The lowest BCUT2D eigenvalue weighted by molar-refractivity contribution is -0.143. The topological polar surface area (TPSA) is 46.5 Å². The minimum Gasteiger partial charge on any atom is -0.508 e. The van der Waals surface area contributed by atoms with E-state index < -0.39 is 0 Å². The molecular formula is C30H52O3. The summed E-state index contributed by atoms with van der Waals surface area (Å²) in [5, 5.41) is 10.3. The molecule has 0 saturated heterocycles. The molecule has 3 nitrogen and oxygen atoms in total. The van der Waals surface area contributed by atoms with E-state index >= 15 is 0 Å². The van der Waals surface area contributed by atoms with Crippen molar-refractivity contribution in [3.63, 3.8) is 0 Å². The zero-order valence-corrected chi connectivity index (χ0v) is 22.2. The van der Waals surface area contributed by atoms with Crippen LogP contribution in [-0.2, 0) is 21.4 Å². The van der Waals surface area contributed by atoms with Gasteiger partial charge in [-0.2, -0.15) is 0 Å². The van der Waals surface area contributed by atoms with E-state index in [1.807, 2.05) is 6.07 Å². The molecule has 1 N–H and O–H groups in total. The molecule has 0 aliphatic rings. The largest absolute Gasteiger partial charge is 0.508 e. The van der Waals surface area contributed by atoms with Gasteiger partial charge in [-0.25, -0.2) is 0 Å². The number of aromatic hydroxyl groups is 1. The zero-order chi connectivity index (χ0) is 24.4. The van der Waals surface area contributed by atoms with Crippen molar-refractivity contribution < 1.29 is 14.6 Å². The number of esters is 1. The minimum absolute atomic E-state index is 0.0659. The fraction of sp³-hybridized carbons (Fsp3) is 0.767. The smallest absolute Gasteiger partial charge is 0.306 e. The third kappa shape index (κ3) is 13.7. The quantitative estimate of drug-likeness (QED) is 0.156. The second-order valence-corrected chi connectivity index (χ2v) is 10.4. The van der Waals surface area contributed by atoms with Crippen LogP contribution in [0.5, 0.6) is 5.75 Å². The van der Waals surface area contributed by atoms with E-state index in [4.69, 9.17) is 4.74 Å². The standard InChI is InChI=1S/C30H52O3/c1-5-7-8-9-10-11-12-13-14-15-16-17-18-24-33-29(32)22-20-26-19-21-28(31)27(25-26)30(3,4)23-6-2/h19,21,25,31H,5-18,20,22-24H2,1-4H3. The summed E-state index contributed by atoms with van der Waals surface area (Å²) in [6, 6.07) is 5.74. The number of aryl methyl sites for hydroxylation is 1. The Morgan fingerprint density at radius 1 is 0.818 bits per heavy atom. The Morgan fingerprint density at radius 3 is 1.91 bits per heavy atom. The van der Waals surface area contributed by atoms with Crippen molar-refractivity contribution in [3.05, 3.63) is 29.3 Å². The van der Waals surface area contributed by atoms with E-state index in [1.54, 1.807) is 6.07 Å². The number of benzene rings is 1. The summed E-state index contributed by atoms with van der Waals surface area (Å²) in [4.78, 5) is 12.1. The first-order chi connectivity index (χ1) is 15.9. The number of carbonyl (C=O) groups is 1. The molecule has 0 aliphatic carbocycles. The number of unbranched alkanes of at least 4 members (excludes halogenated alkanes) is 12. The highest BCUT2D eigenvalue weighted by atomic mass is 16.5. The first kappa shape index (κ1) is 29.5. The molecule has 0 aliphatic heterocycles. The van der Waals surface area contributed by atoms with Gasteiger partial charge in [-0.05, 0) is 41.9 Å². The second-order valence-electron chi connectivity index (χ2n) is 10.4. The van der Waals surface area contributed by atoms with Gasteiger partial charge < -0.3 is 9.84 Å². The van der Waals surface area contributed by atoms with Crippen LogP contribution in [0.2, 0.25) is 0 Å². The number of hydrogen-bond acceptors (Lipinski definition) is 3. The SMILES string of the molecule is CCCCCCCCCCCCCCCOC(=O)CCc1ccc(O)c(C(C)(C)CCC)c1. The maximum atomic E-state index is 12.1. The third-order valence-electron chi connectivity index (χ3n) is 6.79. The van der Waals surface area contributed by atoms with Gasteiger partial charge >= 0.3 is 5.97 Å². The molecule has 0 spiro atoms. The van der Waals surface area contributed by atoms with Crippen LogP contribution in [0.3, 0.4) is 0 Å². The maximum Gasteiger partial charge on any atom is 0.306 e. The molecular weight excluding hydrogens is 408 g/mol.